The van der Waals surface area contributed by atoms with Gasteiger partial charge in [0.05, 0.1) is 25.6 Å². The molecule has 1 aliphatic rings. The van der Waals surface area contributed by atoms with E-state index in [0.717, 1.165) is 11.6 Å². The summed E-state index contributed by atoms with van der Waals surface area (Å²) < 4.78 is 44.7. The molecule has 0 saturated carbocycles. The Morgan fingerprint density at radius 2 is 1.84 bits per heavy atom. The highest BCUT2D eigenvalue weighted by Gasteiger charge is 2.48. The fourth-order valence-electron chi connectivity index (χ4n) is 4.97. The Balaban J connectivity index is 1.69. The second-order valence-electron chi connectivity index (χ2n) is 12.6. The molecule has 3 aromatic rings. The average molecular weight is 644 g/mol. The van der Waals surface area contributed by atoms with E-state index in [9.17, 15) is 0 Å². The summed E-state index contributed by atoms with van der Waals surface area (Å²) in [6.45, 7) is 23.8. The summed E-state index contributed by atoms with van der Waals surface area (Å²) >= 11 is 0. The maximum absolute atomic E-state index is 8.43. The highest BCUT2D eigenvalue weighted by Crippen LogP contribution is 2.50. The summed E-state index contributed by atoms with van der Waals surface area (Å²) in [6.07, 6.45) is 0.583. The van der Waals surface area contributed by atoms with Crippen molar-refractivity contribution in [3.8, 4) is 5.88 Å². The van der Waals surface area contributed by atoms with Gasteiger partial charge in [0.25, 0.3) is 8.53 Å². The number of benzene rings is 1. The van der Waals surface area contributed by atoms with Gasteiger partial charge in [-0.2, -0.15) is 4.98 Å². The van der Waals surface area contributed by atoms with Gasteiger partial charge in [-0.05, 0) is 46.2 Å². The fourth-order valence-corrected chi connectivity index (χ4v) is 7.45. The van der Waals surface area contributed by atoms with E-state index in [-0.39, 0.29) is 32.1 Å². The molecule has 2 unspecified atom stereocenters. The Morgan fingerprint density at radius 3 is 2.50 bits per heavy atom. The third-order valence-electron chi connectivity index (χ3n) is 7.12. The van der Waals surface area contributed by atoms with Crippen LogP contribution in [0.1, 0.15) is 47.8 Å². The van der Waals surface area contributed by atoms with E-state index in [1.165, 1.54) is 6.33 Å². The minimum atomic E-state index is -1.60. The van der Waals surface area contributed by atoms with Crippen molar-refractivity contribution < 1.29 is 24.6 Å². The standard InChI is InChI=1S/C31H47N6O5PSi/c1-22(2)37(23(3)4)43(40-16-15-32-6)42-27-24(5)41-31(28(27)39-19-25-13-11-10-12-14-25)36-21-35-26-29(36)33-20-34-30(26)38-17-18-44(7,8)9/h10-14,20-24,27-28,31H,15-19H2,1-5,7-9H3/t24-,27-,28+,31?,43?/m1/s1/i5D. The molecular weight excluding hydrogens is 595 g/mol. The zero-order valence-electron chi connectivity index (χ0n) is 27.9. The Kier molecular flexibility index (Phi) is 11.7. The maximum atomic E-state index is 8.43. The van der Waals surface area contributed by atoms with Crippen molar-refractivity contribution in [1.29, 1.82) is 0 Å². The third kappa shape index (κ3) is 8.82. The number of hydrogen-bond donors (Lipinski definition) is 0. The smallest absolute Gasteiger partial charge is 0.259 e. The van der Waals surface area contributed by atoms with Crippen molar-refractivity contribution in [2.45, 2.75) is 104 Å². The van der Waals surface area contributed by atoms with Crippen LogP contribution >= 0.6 is 8.53 Å². The molecule has 13 heteroatoms. The molecule has 11 nitrogen and oxygen atoms in total. The molecule has 0 radical (unpaired) electrons. The van der Waals surface area contributed by atoms with Gasteiger partial charge in [-0.3, -0.25) is 4.57 Å². The number of hydrogen-bond acceptors (Lipinski definition) is 9. The Morgan fingerprint density at radius 1 is 1.09 bits per heavy atom. The van der Waals surface area contributed by atoms with Crippen molar-refractivity contribution in [2.75, 3.05) is 19.8 Å². The number of fused-ring (bicyclic) bond motifs is 1. The van der Waals surface area contributed by atoms with E-state index in [0.29, 0.717) is 30.3 Å². The summed E-state index contributed by atoms with van der Waals surface area (Å²) in [5.41, 5.74) is 2.10. The molecule has 0 N–H and O–H groups in total. The number of aromatic nitrogens is 4. The second-order valence-corrected chi connectivity index (χ2v) is 19.6. The summed E-state index contributed by atoms with van der Waals surface area (Å²) in [5, 5.41) is 0. The van der Waals surface area contributed by atoms with Gasteiger partial charge in [-0.25, -0.2) is 21.2 Å². The normalized spacial score (nSPS) is 21.7. The van der Waals surface area contributed by atoms with Crippen LogP contribution in [0.2, 0.25) is 25.7 Å². The second kappa shape index (κ2) is 15.7. The van der Waals surface area contributed by atoms with Gasteiger partial charge >= 0.3 is 0 Å². The molecule has 3 heterocycles. The molecular formula is C31H47N6O5PSi. The zero-order chi connectivity index (χ0) is 32.6. The highest BCUT2D eigenvalue weighted by molar-refractivity contribution is 7.44. The van der Waals surface area contributed by atoms with Gasteiger partial charge in [0.1, 0.15) is 25.1 Å². The van der Waals surface area contributed by atoms with E-state index in [1.54, 1.807) is 6.33 Å². The predicted octanol–water partition coefficient (Wildman–Crippen LogP) is 6.71. The van der Waals surface area contributed by atoms with Crippen LogP contribution in [0.25, 0.3) is 16.0 Å². The van der Waals surface area contributed by atoms with E-state index in [2.05, 4.69) is 71.8 Å². The quantitative estimate of drug-likeness (QED) is 0.0730. The van der Waals surface area contributed by atoms with E-state index in [1.807, 2.05) is 34.9 Å². The van der Waals surface area contributed by atoms with Gasteiger partial charge in [0.15, 0.2) is 17.4 Å². The Hall–Kier alpha value is -2.49. The number of ether oxygens (including phenoxy) is 3. The molecule has 5 atom stereocenters. The first-order valence-corrected chi connectivity index (χ1v) is 20.0. The number of imidazole rings is 1. The summed E-state index contributed by atoms with van der Waals surface area (Å²) in [7, 11) is -2.90. The molecule has 1 aromatic carbocycles. The lowest BCUT2D eigenvalue weighted by Crippen LogP contribution is -2.39. The Bertz CT molecular complexity index is 1380. The van der Waals surface area contributed by atoms with E-state index in [4.69, 9.17) is 31.2 Å². The van der Waals surface area contributed by atoms with Crippen molar-refractivity contribution >= 4 is 27.8 Å². The van der Waals surface area contributed by atoms with Crippen molar-refractivity contribution in [1.82, 2.24) is 24.2 Å². The van der Waals surface area contributed by atoms with E-state index < -0.39 is 41.1 Å². The van der Waals surface area contributed by atoms with Gasteiger partial charge in [0, 0.05) is 21.5 Å². The predicted molar refractivity (Wildman–Crippen MR) is 175 cm³/mol. The molecule has 1 fully saturated rings. The average Bonchev–Trinajstić information content (AvgIpc) is 3.57. The molecule has 240 valence electrons. The molecule has 44 heavy (non-hydrogen) atoms. The van der Waals surface area contributed by atoms with Crippen LogP contribution in [-0.2, 0) is 25.1 Å². The topological polar surface area (TPSA) is 97.4 Å². The third-order valence-corrected chi connectivity index (χ3v) is 11.0. The van der Waals surface area contributed by atoms with Crippen LogP contribution < -0.4 is 4.74 Å². The lowest BCUT2D eigenvalue weighted by Gasteiger charge is -2.37. The lowest BCUT2D eigenvalue weighted by molar-refractivity contribution is -0.0713. The van der Waals surface area contributed by atoms with Gasteiger partial charge in [0.2, 0.25) is 12.4 Å². The van der Waals surface area contributed by atoms with Gasteiger partial charge in [-0.15, -0.1) is 0 Å². The van der Waals surface area contributed by atoms with Crippen LogP contribution in [0.5, 0.6) is 5.88 Å². The van der Waals surface area contributed by atoms with Crippen molar-refractivity contribution in [2.24, 2.45) is 0 Å². The van der Waals surface area contributed by atoms with Crippen molar-refractivity contribution in [3.63, 3.8) is 0 Å². The molecule has 2 aromatic heterocycles. The molecule has 4 rings (SSSR count). The van der Waals surface area contributed by atoms with Crippen LogP contribution in [0.4, 0.5) is 0 Å². The zero-order valence-corrected chi connectivity index (χ0v) is 28.8. The number of nitrogens with zero attached hydrogens (tertiary/aromatic N) is 6. The molecule has 1 saturated heterocycles. The molecule has 0 spiro atoms. The summed E-state index contributed by atoms with van der Waals surface area (Å²) in [5.74, 6) is 0.433. The molecule has 0 bridgehead atoms. The highest BCUT2D eigenvalue weighted by atomic mass is 31.2. The molecule has 0 amide bonds. The first kappa shape index (κ1) is 32.9. The molecule has 1 aliphatic heterocycles. The largest absolute Gasteiger partial charge is 0.476 e. The van der Waals surface area contributed by atoms with E-state index >= 15 is 0 Å². The summed E-state index contributed by atoms with van der Waals surface area (Å²) in [4.78, 5) is 17.0. The van der Waals surface area contributed by atoms with Crippen molar-refractivity contribution in [3.05, 3.63) is 60.0 Å². The first-order chi connectivity index (χ1) is 21.5. The number of rotatable bonds is 16. The van der Waals surface area contributed by atoms with Crippen LogP contribution in [0.3, 0.4) is 0 Å². The SMILES string of the molecule is [2H]C[C@H]1OC(n2cnc3c(OCC[Si](C)(C)C)ncnc32)[C@@H](OCc2ccccc2)[C@@H]1OP(OCC[N+]#[C-])N(C(C)C)C(C)C. The van der Waals surface area contributed by atoms with Gasteiger partial charge in [-0.1, -0.05) is 50.0 Å². The van der Waals surface area contributed by atoms with Crippen LogP contribution in [0.15, 0.2) is 43.0 Å². The maximum Gasteiger partial charge on any atom is 0.259 e. The van der Waals surface area contributed by atoms with Crippen LogP contribution in [0, 0.1) is 6.57 Å². The monoisotopic (exact) mass is 643 g/mol. The molecule has 0 aliphatic carbocycles. The van der Waals surface area contributed by atoms with Crippen LogP contribution in [-0.4, -0.2) is 82.4 Å². The Labute approximate surface area is 265 Å². The lowest BCUT2D eigenvalue weighted by atomic mass is 10.1. The fraction of sp³-hybridized carbons (Fsp3) is 0.613. The minimum Gasteiger partial charge on any atom is -0.476 e. The minimum absolute atomic E-state index is 0.0480. The summed E-state index contributed by atoms with van der Waals surface area (Å²) in [6, 6.07) is 11.2. The van der Waals surface area contributed by atoms with Gasteiger partial charge < -0.3 is 28.1 Å². The first-order valence-electron chi connectivity index (χ1n) is 15.9.